The van der Waals surface area contributed by atoms with Crippen LogP contribution >= 0.6 is 11.3 Å². The first kappa shape index (κ1) is 67.4. The average Bonchev–Trinajstić information content (AvgIpc) is 3.79. The van der Waals surface area contributed by atoms with E-state index in [2.05, 4.69) is 11.1 Å². The predicted molar refractivity (Wildman–Crippen MR) is 282 cm³/mol. The number of fused-ring (bicyclic) bond motifs is 1. The fraction of sp³-hybridized carbons (Fsp3) is 0.692. The Morgan fingerprint density at radius 1 is 0.696 bits per heavy atom. The Morgan fingerprint density at radius 2 is 1.14 bits per heavy atom. The van der Waals surface area contributed by atoms with Gasteiger partial charge in [0.1, 0.15) is 11.6 Å². The molecule has 0 saturated carbocycles. The van der Waals surface area contributed by atoms with E-state index in [4.69, 9.17) is 62.5 Å². The van der Waals surface area contributed by atoms with E-state index in [0.717, 1.165) is 55.8 Å². The van der Waals surface area contributed by atoms with Gasteiger partial charge in [0.15, 0.2) is 28.2 Å². The number of aryl methyl sites for hydroxylation is 1. The molecule has 3 heterocycles. The van der Waals surface area contributed by atoms with E-state index in [-0.39, 0.29) is 57.7 Å². The van der Waals surface area contributed by atoms with Gasteiger partial charge in [-0.2, -0.15) is 8.42 Å². The van der Waals surface area contributed by atoms with Gasteiger partial charge in [0, 0.05) is 54.9 Å². The lowest BCUT2D eigenvalue weighted by Gasteiger charge is -2.32. The lowest BCUT2D eigenvalue weighted by molar-refractivity contribution is -0.180. The van der Waals surface area contributed by atoms with Crippen LogP contribution in [-0.2, 0) is 89.5 Å². The number of carbonyl (C=O) groups excluding carboxylic acids is 3. The molecule has 0 bridgehead atoms. The van der Waals surface area contributed by atoms with Gasteiger partial charge < -0.3 is 58.0 Å². The van der Waals surface area contributed by atoms with Gasteiger partial charge in [0.2, 0.25) is 5.91 Å². The molecule has 0 radical (unpaired) electrons. The van der Waals surface area contributed by atoms with Crippen molar-refractivity contribution in [2.24, 2.45) is 16.6 Å². The largest absolute Gasteiger partial charge is 0.387 e. The van der Waals surface area contributed by atoms with E-state index in [1.165, 1.54) is 9.94 Å². The molecule has 1 fully saturated rings. The Labute approximate surface area is 463 Å². The van der Waals surface area contributed by atoms with E-state index in [0.29, 0.717) is 136 Å². The highest BCUT2D eigenvalue weighted by atomic mass is 32.2. The molecule has 2 amide bonds. The first-order chi connectivity index (χ1) is 38.1. The minimum atomic E-state index is -5.59. The smallest absolute Gasteiger partial charge is 0.300 e. The Bertz CT molecular complexity index is 2290. The van der Waals surface area contributed by atoms with Gasteiger partial charge in [-0.3, -0.25) is 23.8 Å². The molecule has 0 atom stereocenters. The number of rotatable bonds is 44. The summed E-state index contributed by atoms with van der Waals surface area (Å²) >= 11 is 1.65. The number of hydroxylamine groups is 2. The lowest BCUT2D eigenvalue weighted by Crippen LogP contribution is -2.39. The average molecular weight is 1170 g/mol. The van der Waals surface area contributed by atoms with Gasteiger partial charge in [-0.15, -0.1) is 11.3 Å². The molecule has 448 valence electrons. The normalized spacial score (nSPS) is 14.1. The number of ketones is 1. The third kappa shape index (κ3) is 25.7. The highest BCUT2D eigenvalue weighted by Gasteiger charge is 2.33. The molecule has 27 heteroatoms. The highest BCUT2D eigenvalue weighted by Crippen LogP contribution is 2.36. The van der Waals surface area contributed by atoms with Crippen molar-refractivity contribution in [2.75, 3.05) is 158 Å². The van der Waals surface area contributed by atoms with Crippen molar-refractivity contribution in [3.63, 3.8) is 0 Å². The summed E-state index contributed by atoms with van der Waals surface area (Å²) < 4.78 is 142. The van der Waals surface area contributed by atoms with Crippen LogP contribution in [-0.4, -0.2) is 205 Å². The summed E-state index contributed by atoms with van der Waals surface area (Å²) in [7, 11) is -5.59. The van der Waals surface area contributed by atoms with Crippen molar-refractivity contribution < 1.29 is 97.1 Å². The summed E-state index contributed by atoms with van der Waals surface area (Å²) in [5.74, 6) is -8.80. The number of aliphatic imine (C=N–C) groups is 1. The number of likely N-dealkylation sites (tertiary alicyclic amines) is 1. The molecule has 0 spiro atoms. The molecule has 2 aromatic rings. The molecule has 2 aliphatic rings. The molecule has 4 rings (SSSR count). The number of ether oxygens (including phenoxy) is 10. The first-order valence-corrected chi connectivity index (χ1v) is 28.9. The molecule has 21 nitrogen and oxygen atoms in total. The second-order valence-electron chi connectivity index (χ2n) is 18.0. The number of benzene rings is 1. The minimum absolute atomic E-state index is 0.0758. The van der Waals surface area contributed by atoms with Crippen molar-refractivity contribution in [3.8, 4) is 0 Å². The number of piperidine rings is 1. The fourth-order valence-electron chi connectivity index (χ4n) is 7.97. The molecular formula is C52H78F4N4O17S2. The fourth-order valence-corrected chi connectivity index (χ4v) is 9.68. The molecule has 1 aromatic carbocycles. The van der Waals surface area contributed by atoms with Crippen LogP contribution in [0.5, 0.6) is 0 Å². The molecule has 0 aliphatic carbocycles. The number of nitrogens with zero attached hydrogens (tertiary/aromatic N) is 3. The minimum Gasteiger partial charge on any atom is -0.387 e. The highest BCUT2D eigenvalue weighted by molar-refractivity contribution is 7.85. The summed E-state index contributed by atoms with van der Waals surface area (Å²) in [6.45, 7) is 12.8. The topological polar surface area (TPSA) is 252 Å². The zero-order valence-electron chi connectivity index (χ0n) is 45.3. The summed E-state index contributed by atoms with van der Waals surface area (Å²) in [5, 5.41) is 1.42. The maximum atomic E-state index is 14.1. The molecule has 0 unspecified atom stereocenters. The number of amides is 2. The van der Waals surface area contributed by atoms with Crippen molar-refractivity contribution >= 4 is 56.7 Å². The summed E-state index contributed by atoms with van der Waals surface area (Å²) in [6, 6.07) is 2.08. The zero-order valence-corrected chi connectivity index (χ0v) is 46.9. The number of hydrogen-bond acceptors (Lipinski definition) is 19. The van der Waals surface area contributed by atoms with E-state index in [1.54, 1.807) is 11.3 Å². The molecular weight excluding hydrogens is 1090 g/mol. The van der Waals surface area contributed by atoms with Gasteiger partial charge in [0.25, 0.3) is 5.91 Å². The molecule has 1 aromatic heterocycles. The van der Waals surface area contributed by atoms with Crippen molar-refractivity contribution in [1.29, 1.82) is 0 Å². The summed E-state index contributed by atoms with van der Waals surface area (Å²) in [4.78, 5) is 50.2. The van der Waals surface area contributed by atoms with Crippen LogP contribution in [0.4, 0.5) is 23.2 Å². The van der Waals surface area contributed by atoms with Crippen molar-refractivity contribution in [2.45, 2.75) is 76.5 Å². The van der Waals surface area contributed by atoms with E-state index < -0.39 is 56.1 Å². The Hall–Kier alpha value is -4.07. The van der Waals surface area contributed by atoms with Crippen LogP contribution in [0, 0.1) is 29.2 Å². The number of carbonyl (C=O) groups is 3. The second-order valence-corrected chi connectivity index (χ2v) is 20.5. The summed E-state index contributed by atoms with van der Waals surface area (Å²) in [6.07, 6.45) is 5.75. The number of hydrogen-bond donors (Lipinski definition) is 2. The van der Waals surface area contributed by atoms with Crippen LogP contribution < -0.4 is 5.73 Å². The van der Waals surface area contributed by atoms with Crippen LogP contribution in [0.3, 0.4) is 0 Å². The standard InChI is InChI=1S/C52H78F4N4O17S2/c1-3-11-60(77-4-2)52(63)39-34-44-43(58-45(57)35-39)37-41(78-44)6-5-38-7-12-59(13-8-38)46(62)10-15-68-17-19-70-21-23-72-25-27-74-29-31-76-33-32-75-30-28-73-26-24-71-22-20-69-18-16-67-14-9-40(61)36-42-47(53)49(55)51(79(64,65)66)50(56)48(42)54/h34,37-38H,3-33,35-36H2,1-2H3,(H2,57,58)(H,64,65,66). The zero-order chi connectivity index (χ0) is 57.3. The monoisotopic (exact) mass is 1170 g/mol. The number of amidine groups is 1. The summed E-state index contributed by atoms with van der Waals surface area (Å²) in [5.41, 5.74) is 6.30. The Morgan fingerprint density at radius 3 is 1.57 bits per heavy atom. The van der Waals surface area contributed by atoms with Crippen molar-refractivity contribution in [1.82, 2.24) is 9.96 Å². The van der Waals surface area contributed by atoms with Crippen LogP contribution in [0.15, 0.2) is 21.5 Å². The number of Topliss-reactive ketones (excluding diaryl/α,β-unsaturated/α-hetero) is 1. The van der Waals surface area contributed by atoms with Crippen LogP contribution in [0.2, 0.25) is 0 Å². The molecule has 2 aliphatic heterocycles. The second kappa shape index (κ2) is 38.6. The molecule has 79 heavy (non-hydrogen) atoms. The Kier molecular flexibility index (Phi) is 32.9. The predicted octanol–water partition coefficient (Wildman–Crippen LogP) is 5.45. The number of nitrogens with two attached hydrogens (primary N) is 1. The maximum Gasteiger partial charge on any atom is 0.300 e. The van der Waals surface area contributed by atoms with Gasteiger partial charge in [-0.25, -0.2) is 27.6 Å². The lowest BCUT2D eigenvalue weighted by atomic mass is 9.92. The van der Waals surface area contributed by atoms with Gasteiger partial charge in [-0.1, -0.05) is 6.92 Å². The van der Waals surface area contributed by atoms with Gasteiger partial charge in [-0.05, 0) is 57.1 Å². The van der Waals surface area contributed by atoms with Crippen LogP contribution in [0.1, 0.15) is 74.1 Å². The quantitative estimate of drug-likeness (QED) is 0.0275. The Balaban J connectivity index is 0.839. The van der Waals surface area contributed by atoms with Crippen LogP contribution in [0.25, 0.3) is 6.08 Å². The third-order valence-electron chi connectivity index (χ3n) is 12.0. The maximum absolute atomic E-state index is 14.1. The molecule has 1 saturated heterocycles. The van der Waals surface area contributed by atoms with E-state index in [1.807, 2.05) is 24.8 Å². The first-order valence-electron chi connectivity index (χ1n) is 26.6. The van der Waals surface area contributed by atoms with E-state index in [9.17, 15) is 40.4 Å². The third-order valence-corrected chi connectivity index (χ3v) is 14.0. The molecule has 3 N–H and O–H groups in total. The number of halogens is 4. The number of thiophene rings is 1. The SMILES string of the molecule is CCCN(OCC)C(=O)C1=Cc2sc(CCC3CCN(C(=O)CCOCCOCCOCCOCCOCCOCCOCCOCCOCCOCCC(=O)Cc4c(F)c(F)c(S(=O)(=O)O)c(F)c4F)CC3)cc2N=C(N)C1. The van der Waals surface area contributed by atoms with Gasteiger partial charge >= 0.3 is 10.1 Å². The van der Waals surface area contributed by atoms with Gasteiger partial charge in [0.05, 0.1) is 156 Å². The van der Waals surface area contributed by atoms with Crippen molar-refractivity contribution in [3.05, 3.63) is 50.2 Å². The van der Waals surface area contributed by atoms with E-state index >= 15 is 0 Å².